The van der Waals surface area contributed by atoms with Crippen molar-refractivity contribution in [3.63, 3.8) is 0 Å². The van der Waals surface area contributed by atoms with Crippen LogP contribution in [0, 0.1) is 0 Å². The predicted molar refractivity (Wildman–Crippen MR) is 68.2 cm³/mol. The van der Waals surface area contributed by atoms with Gasteiger partial charge in [-0.1, -0.05) is 6.07 Å². The maximum atomic E-state index is 11.7. The molecule has 18 heavy (non-hydrogen) atoms. The van der Waals surface area contributed by atoms with Crippen molar-refractivity contribution in [2.75, 3.05) is 13.2 Å². The standard InChI is InChI=1S/C13H19N3O2/c1-10(11-4-2-6-14-8-11)16-13(17)15-9-12-5-3-7-18-12/h2,4,6,8,10,12H,3,5,7,9H2,1H3,(H2,15,16,17)/t10-,12+/m0/s1. The molecule has 2 rings (SSSR count). The molecule has 1 aromatic rings. The third kappa shape index (κ3) is 3.70. The highest BCUT2D eigenvalue weighted by Gasteiger charge is 2.16. The first kappa shape index (κ1) is 12.8. The van der Waals surface area contributed by atoms with Crippen molar-refractivity contribution in [2.24, 2.45) is 0 Å². The van der Waals surface area contributed by atoms with Crippen molar-refractivity contribution in [3.05, 3.63) is 30.1 Å². The van der Waals surface area contributed by atoms with Crippen LogP contribution in [0.2, 0.25) is 0 Å². The molecule has 5 heteroatoms. The summed E-state index contributed by atoms with van der Waals surface area (Å²) in [5.41, 5.74) is 0.991. The maximum absolute atomic E-state index is 11.7. The summed E-state index contributed by atoms with van der Waals surface area (Å²) in [6.45, 7) is 3.31. The molecule has 2 amide bonds. The summed E-state index contributed by atoms with van der Waals surface area (Å²) in [4.78, 5) is 15.7. The second-order valence-electron chi connectivity index (χ2n) is 4.50. The second-order valence-corrected chi connectivity index (χ2v) is 4.50. The molecule has 1 fully saturated rings. The monoisotopic (exact) mass is 249 g/mol. The molecule has 2 N–H and O–H groups in total. The van der Waals surface area contributed by atoms with Gasteiger partial charge >= 0.3 is 6.03 Å². The Balaban J connectivity index is 1.73. The summed E-state index contributed by atoms with van der Waals surface area (Å²) >= 11 is 0. The van der Waals surface area contributed by atoms with Gasteiger partial charge in [0.05, 0.1) is 12.1 Å². The fourth-order valence-corrected chi connectivity index (χ4v) is 1.97. The van der Waals surface area contributed by atoms with Crippen molar-refractivity contribution < 1.29 is 9.53 Å². The Labute approximate surface area is 107 Å². The largest absolute Gasteiger partial charge is 0.376 e. The summed E-state index contributed by atoms with van der Waals surface area (Å²) in [5, 5.41) is 5.70. The highest BCUT2D eigenvalue weighted by atomic mass is 16.5. The summed E-state index contributed by atoms with van der Waals surface area (Å²) in [5.74, 6) is 0. The van der Waals surface area contributed by atoms with Gasteiger partial charge in [0.15, 0.2) is 0 Å². The van der Waals surface area contributed by atoms with E-state index < -0.39 is 0 Å². The van der Waals surface area contributed by atoms with E-state index in [1.54, 1.807) is 12.4 Å². The van der Waals surface area contributed by atoms with Gasteiger partial charge in [0.25, 0.3) is 0 Å². The summed E-state index contributed by atoms with van der Waals surface area (Å²) in [6.07, 6.45) is 5.75. The molecule has 1 aromatic heterocycles. The van der Waals surface area contributed by atoms with E-state index in [9.17, 15) is 4.79 Å². The van der Waals surface area contributed by atoms with Crippen LogP contribution >= 0.6 is 0 Å². The minimum atomic E-state index is -0.165. The van der Waals surface area contributed by atoms with Gasteiger partial charge in [-0.15, -0.1) is 0 Å². The van der Waals surface area contributed by atoms with Gasteiger partial charge in [-0.05, 0) is 31.4 Å². The molecule has 5 nitrogen and oxygen atoms in total. The van der Waals surface area contributed by atoms with Gasteiger partial charge in [-0.25, -0.2) is 4.79 Å². The number of carbonyl (C=O) groups is 1. The zero-order chi connectivity index (χ0) is 12.8. The van der Waals surface area contributed by atoms with Crippen LogP contribution in [-0.4, -0.2) is 30.3 Å². The van der Waals surface area contributed by atoms with E-state index in [-0.39, 0.29) is 18.2 Å². The number of pyridine rings is 1. The van der Waals surface area contributed by atoms with Crippen molar-refractivity contribution in [3.8, 4) is 0 Å². The molecule has 2 heterocycles. The van der Waals surface area contributed by atoms with Crippen molar-refractivity contribution in [2.45, 2.75) is 31.9 Å². The average Bonchev–Trinajstić information content (AvgIpc) is 2.90. The number of amides is 2. The lowest BCUT2D eigenvalue weighted by Gasteiger charge is -2.16. The van der Waals surface area contributed by atoms with Crippen molar-refractivity contribution >= 4 is 6.03 Å². The van der Waals surface area contributed by atoms with Crippen molar-refractivity contribution in [1.29, 1.82) is 0 Å². The van der Waals surface area contributed by atoms with E-state index in [0.717, 1.165) is 25.0 Å². The van der Waals surface area contributed by atoms with Gasteiger partial charge in [0, 0.05) is 25.5 Å². The smallest absolute Gasteiger partial charge is 0.315 e. The number of carbonyl (C=O) groups excluding carboxylic acids is 1. The van der Waals surface area contributed by atoms with Crippen LogP contribution in [0.15, 0.2) is 24.5 Å². The van der Waals surface area contributed by atoms with Crippen LogP contribution in [0.4, 0.5) is 4.79 Å². The predicted octanol–water partition coefficient (Wildman–Crippen LogP) is 1.62. The Bertz CT molecular complexity index is 377. The molecule has 0 unspecified atom stereocenters. The molecular weight excluding hydrogens is 230 g/mol. The molecule has 0 radical (unpaired) electrons. The van der Waals surface area contributed by atoms with Crippen LogP contribution < -0.4 is 10.6 Å². The highest BCUT2D eigenvalue weighted by Crippen LogP contribution is 2.11. The summed E-state index contributed by atoms with van der Waals surface area (Å²) in [6, 6.07) is 3.58. The van der Waals surface area contributed by atoms with Crippen LogP contribution in [0.1, 0.15) is 31.4 Å². The van der Waals surface area contributed by atoms with E-state index in [1.807, 2.05) is 19.1 Å². The Morgan fingerprint density at radius 2 is 2.56 bits per heavy atom. The Kier molecular flexibility index (Phi) is 4.52. The first-order valence-electron chi connectivity index (χ1n) is 6.31. The topological polar surface area (TPSA) is 63.2 Å². The third-order valence-corrected chi connectivity index (χ3v) is 3.05. The molecule has 1 aliphatic rings. The molecule has 0 bridgehead atoms. The van der Waals surface area contributed by atoms with Crippen molar-refractivity contribution in [1.82, 2.24) is 15.6 Å². The minimum Gasteiger partial charge on any atom is -0.376 e. The SMILES string of the molecule is C[C@H](NC(=O)NC[C@H]1CCCO1)c1cccnc1. The first-order valence-corrected chi connectivity index (χ1v) is 6.31. The number of aromatic nitrogens is 1. The lowest BCUT2D eigenvalue weighted by molar-refractivity contribution is 0.111. The van der Waals surface area contributed by atoms with Crippen LogP contribution in [-0.2, 0) is 4.74 Å². The van der Waals surface area contributed by atoms with E-state index in [0.29, 0.717) is 6.54 Å². The Hall–Kier alpha value is -1.62. The molecule has 0 aromatic carbocycles. The Morgan fingerprint density at radius 3 is 3.22 bits per heavy atom. The van der Waals surface area contributed by atoms with E-state index in [1.165, 1.54) is 0 Å². The van der Waals surface area contributed by atoms with E-state index >= 15 is 0 Å². The van der Waals surface area contributed by atoms with Crippen LogP contribution in [0.3, 0.4) is 0 Å². The molecule has 98 valence electrons. The molecule has 0 aliphatic carbocycles. The van der Waals surface area contributed by atoms with Crippen LogP contribution in [0.25, 0.3) is 0 Å². The van der Waals surface area contributed by atoms with Crippen LogP contribution in [0.5, 0.6) is 0 Å². The maximum Gasteiger partial charge on any atom is 0.315 e. The van der Waals surface area contributed by atoms with Gasteiger partial charge in [0.2, 0.25) is 0 Å². The summed E-state index contributed by atoms with van der Waals surface area (Å²) in [7, 11) is 0. The number of rotatable bonds is 4. The lowest BCUT2D eigenvalue weighted by atomic mass is 10.1. The van der Waals surface area contributed by atoms with Gasteiger partial charge in [-0.2, -0.15) is 0 Å². The molecule has 0 saturated carbocycles. The van der Waals surface area contributed by atoms with Gasteiger partial charge in [-0.3, -0.25) is 4.98 Å². The Morgan fingerprint density at radius 1 is 1.67 bits per heavy atom. The minimum absolute atomic E-state index is 0.0526. The zero-order valence-corrected chi connectivity index (χ0v) is 10.6. The number of hydrogen-bond donors (Lipinski definition) is 2. The first-order chi connectivity index (χ1) is 8.75. The molecule has 1 saturated heterocycles. The quantitative estimate of drug-likeness (QED) is 0.852. The number of hydrogen-bond acceptors (Lipinski definition) is 3. The van der Waals surface area contributed by atoms with Gasteiger partial charge < -0.3 is 15.4 Å². The third-order valence-electron chi connectivity index (χ3n) is 3.05. The molecule has 1 aliphatic heterocycles. The lowest BCUT2D eigenvalue weighted by Crippen LogP contribution is -2.40. The van der Waals surface area contributed by atoms with E-state index in [4.69, 9.17) is 4.74 Å². The number of ether oxygens (including phenoxy) is 1. The van der Waals surface area contributed by atoms with E-state index in [2.05, 4.69) is 15.6 Å². The normalized spacial score (nSPS) is 20.4. The molecule has 0 spiro atoms. The van der Waals surface area contributed by atoms with Gasteiger partial charge in [0.1, 0.15) is 0 Å². The molecular formula is C13H19N3O2. The molecule has 2 atom stereocenters. The number of urea groups is 1. The number of nitrogens with one attached hydrogen (secondary N) is 2. The second kappa shape index (κ2) is 6.35. The highest BCUT2D eigenvalue weighted by molar-refractivity contribution is 5.74. The fraction of sp³-hybridized carbons (Fsp3) is 0.538. The zero-order valence-electron chi connectivity index (χ0n) is 10.6. The average molecular weight is 249 g/mol. The summed E-state index contributed by atoms with van der Waals surface area (Å²) < 4.78 is 5.44. The fourth-order valence-electron chi connectivity index (χ4n) is 1.97. The number of nitrogens with zero attached hydrogens (tertiary/aromatic N) is 1.